The van der Waals surface area contributed by atoms with E-state index in [-0.39, 0.29) is 4.90 Å². The van der Waals surface area contributed by atoms with Crippen LogP contribution in [0.1, 0.15) is 32.8 Å². The third-order valence-electron chi connectivity index (χ3n) is 3.93. The van der Waals surface area contributed by atoms with Crippen LogP contribution < -0.4 is 0 Å². The van der Waals surface area contributed by atoms with Crippen LogP contribution in [0.15, 0.2) is 53.0 Å². The van der Waals surface area contributed by atoms with Crippen molar-refractivity contribution in [3.63, 3.8) is 0 Å². The topological polar surface area (TPSA) is 63.7 Å². The molecule has 130 valence electrons. The first-order chi connectivity index (χ1) is 11.1. The Hall–Kier alpha value is -2.08. The van der Waals surface area contributed by atoms with Crippen molar-refractivity contribution in [3.8, 4) is 0 Å². The van der Waals surface area contributed by atoms with Crippen molar-refractivity contribution in [1.82, 2.24) is 4.31 Å². The van der Waals surface area contributed by atoms with Gasteiger partial charge in [-0.25, -0.2) is 13.2 Å². The number of aryl methyl sites for hydroxylation is 1. The lowest BCUT2D eigenvalue weighted by Crippen LogP contribution is -2.41. The molecule has 0 spiro atoms. The van der Waals surface area contributed by atoms with Crippen LogP contribution in [0.5, 0.6) is 0 Å². The summed E-state index contributed by atoms with van der Waals surface area (Å²) in [5.41, 5.74) is 2.67. The van der Waals surface area contributed by atoms with Gasteiger partial charge in [0.25, 0.3) is 10.0 Å². The number of carbonyl (C=O) groups excluding carboxylic acids is 1. The van der Waals surface area contributed by atoms with Gasteiger partial charge in [-0.15, -0.1) is 0 Å². The van der Waals surface area contributed by atoms with Crippen LogP contribution in [0.4, 0.5) is 4.79 Å². The van der Waals surface area contributed by atoms with Crippen molar-refractivity contribution < 1.29 is 17.9 Å². The van der Waals surface area contributed by atoms with Gasteiger partial charge in [0.2, 0.25) is 0 Å². The molecule has 0 saturated carbocycles. The first-order valence-electron chi connectivity index (χ1n) is 7.77. The van der Waals surface area contributed by atoms with Gasteiger partial charge in [-0.3, -0.25) is 0 Å². The van der Waals surface area contributed by atoms with Gasteiger partial charge in [0.1, 0.15) is 12.1 Å². The summed E-state index contributed by atoms with van der Waals surface area (Å²) in [5.74, 6) is 0. The molecule has 0 aromatic heterocycles. The van der Waals surface area contributed by atoms with Crippen LogP contribution in [0.2, 0.25) is 0 Å². The minimum absolute atomic E-state index is 0.0687. The Balaban J connectivity index is 2.41. The maximum absolute atomic E-state index is 12.9. The number of allylic oxidation sites excluding steroid dienone is 2. The van der Waals surface area contributed by atoms with Gasteiger partial charge in [0.05, 0.1) is 4.90 Å². The molecule has 1 amide bonds. The highest BCUT2D eigenvalue weighted by atomic mass is 32.2. The number of nitrogens with zero attached hydrogens (tertiary/aromatic N) is 1. The molecule has 0 bridgehead atoms. The quantitative estimate of drug-likeness (QED) is 0.758. The lowest BCUT2D eigenvalue weighted by Gasteiger charge is -2.24. The zero-order valence-corrected chi connectivity index (χ0v) is 15.3. The van der Waals surface area contributed by atoms with E-state index in [4.69, 9.17) is 4.74 Å². The Bertz CT molecular complexity index is 774. The summed E-state index contributed by atoms with van der Waals surface area (Å²) >= 11 is 0. The maximum atomic E-state index is 12.9. The minimum Gasteiger partial charge on any atom is -0.443 e. The van der Waals surface area contributed by atoms with E-state index in [2.05, 4.69) is 6.58 Å². The second kappa shape index (κ2) is 6.81. The minimum atomic E-state index is -3.99. The summed E-state index contributed by atoms with van der Waals surface area (Å²) in [6.07, 6.45) is 1.02. The fraction of sp³-hybridized carbons (Fsp3) is 0.389. The monoisotopic (exact) mass is 349 g/mol. The van der Waals surface area contributed by atoms with E-state index in [1.54, 1.807) is 19.1 Å². The van der Waals surface area contributed by atoms with Crippen LogP contribution in [-0.4, -0.2) is 31.0 Å². The van der Waals surface area contributed by atoms with Crippen molar-refractivity contribution in [2.75, 3.05) is 0 Å². The molecule has 0 radical (unpaired) electrons. The van der Waals surface area contributed by atoms with Crippen LogP contribution in [0.3, 0.4) is 0 Å². The predicted octanol–water partition coefficient (Wildman–Crippen LogP) is 3.81. The summed E-state index contributed by atoms with van der Waals surface area (Å²) in [6, 6.07) is 5.68. The maximum Gasteiger partial charge on any atom is 0.424 e. The van der Waals surface area contributed by atoms with E-state index < -0.39 is 28.3 Å². The molecule has 1 saturated heterocycles. The number of carbonyl (C=O) groups is 1. The summed E-state index contributed by atoms with van der Waals surface area (Å²) in [6.45, 7) is 11.4. The normalized spacial score (nSPS) is 20.7. The number of ether oxygens (including phenoxy) is 1. The summed E-state index contributed by atoms with van der Waals surface area (Å²) < 4.78 is 31.8. The molecule has 0 unspecified atom stereocenters. The molecule has 1 heterocycles. The second-order valence-corrected chi connectivity index (χ2v) is 8.11. The van der Waals surface area contributed by atoms with Crippen molar-refractivity contribution in [2.24, 2.45) is 0 Å². The number of hydrogen-bond donors (Lipinski definition) is 0. The number of hydrogen-bond acceptors (Lipinski definition) is 4. The van der Waals surface area contributed by atoms with Crippen LogP contribution in [0, 0.1) is 6.92 Å². The number of cyclic esters (lactones) is 1. The Morgan fingerprint density at radius 1 is 1.29 bits per heavy atom. The number of amides is 1. The highest BCUT2D eigenvalue weighted by Crippen LogP contribution is 2.32. The Morgan fingerprint density at radius 2 is 1.88 bits per heavy atom. The molecular weight excluding hydrogens is 326 g/mol. The molecule has 2 atom stereocenters. The lowest BCUT2D eigenvalue weighted by atomic mass is 10.0. The summed E-state index contributed by atoms with van der Waals surface area (Å²) in [7, 11) is -3.99. The standard InChI is InChI=1S/C18H23NO4S/c1-12(2)6-9-14(4)17-15(5)23-18(20)19(17)24(21,22)16-10-7-13(3)8-11-16/h6-8,10-11,15,17H,4,9H2,1-3,5H3/t15-,17-/m0/s1. The fourth-order valence-corrected chi connectivity index (χ4v) is 4.17. The van der Waals surface area contributed by atoms with Crippen LogP contribution >= 0.6 is 0 Å². The highest BCUT2D eigenvalue weighted by Gasteiger charge is 2.47. The first-order valence-corrected chi connectivity index (χ1v) is 9.21. The Morgan fingerprint density at radius 3 is 2.42 bits per heavy atom. The molecule has 1 aliphatic heterocycles. The van der Waals surface area contributed by atoms with Crippen molar-refractivity contribution in [3.05, 3.63) is 53.6 Å². The number of sulfonamides is 1. The Kier molecular flexibility index (Phi) is 5.18. The molecule has 2 rings (SSSR count). The molecule has 1 fully saturated rings. The smallest absolute Gasteiger partial charge is 0.424 e. The van der Waals surface area contributed by atoms with Gasteiger partial charge in [-0.1, -0.05) is 35.9 Å². The van der Waals surface area contributed by atoms with Gasteiger partial charge in [0.15, 0.2) is 0 Å². The van der Waals surface area contributed by atoms with E-state index in [0.717, 1.165) is 15.4 Å². The lowest BCUT2D eigenvalue weighted by molar-refractivity contribution is 0.141. The molecule has 1 aromatic carbocycles. The van der Waals surface area contributed by atoms with Crippen molar-refractivity contribution >= 4 is 16.1 Å². The van der Waals surface area contributed by atoms with Gasteiger partial charge in [-0.05, 0) is 51.8 Å². The van der Waals surface area contributed by atoms with Crippen molar-refractivity contribution in [2.45, 2.75) is 51.2 Å². The molecule has 0 N–H and O–H groups in total. The van der Waals surface area contributed by atoms with E-state index in [0.29, 0.717) is 12.0 Å². The van der Waals surface area contributed by atoms with Gasteiger partial charge in [-0.2, -0.15) is 4.31 Å². The van der Waals surface area contributed by atoms with Gasteiger partial charge in [0, 0.05) is 0 Å². The molecule has 5 nitrogen and oxygen atoms in total. The first kappa shape index (κ1) is 18.3. The van der Waals surface area contributed by atoms with Gasteiger partial charge < -0.3 is 4.74 Å². The van der Waals surface area contributed by atoms with Crippen LogP contribution in [0.25, 0.3) is 0 Å². The largest absolute Gasteiger partial charge is 0.443 e. The van der Waals surface area contributed by atoms with E-state index in [1.165, 1.54) is 12.1 Å². The average Bonchev–Trinajstić information content (AvgIpc) is 2.80. The third-order valence-corrected chi connectivity index (χ3v) is 5.69. The zero-order chi connectivity index (χ0) is 18.1. The molecule has 1 aromatic rings. The average molecular weight is 349 g/mol. The highest BCUT2D eigenvalue weighted by molar-refractivity contribution is 7.89. The molecule has 24 heavy (non-hydrogen) atoms. The van der Waals surface area contributed by atoms with Crippen LogP contribution in [-0.2, 0) is 14.8 Å². The predicted molar refractivity (Wildman–Crippen MR) is 93.1 cm³/mol. The van der Waals surface area contributed by atoms with Crippen molar-refractivity contribution in [1.29, 1.82) is 0 Å². The SMILES string of the molecule is C=C(CC=C(C)C)[C@H]1[C@H](C)OC(=O)N1S(=O)(=O)c1ccc(C)cc1. The summed E-state index contributed by atoms with van der Waals surface area (Å²) in [4.78, 5) is 12.3. The second-order valence-electron chi connectivity index (χ2n) is 6.29. The molecular formula is C18H23NO4S. The molecule has 6 heteroatoms. The number of rotatable bonds is 5. The van der Waals surface area contributed by atoms with E-state index in [9.17, 15) is 13.2 Å². The molecule has 1 aliphatic rings. The van der Waals surface area contributed by atoms with E-state index in [1.807, 2.05) is 26.8 Å². The third kappa shape index (κ3) is 3.53. The fourth-order valence-electron chi connectivity index (χ4n) is 2.60. The molecule has 0 aliphatic carbocycles. The summed E-state index contributed by atoms with van der Waals surface area (Å²) in [5, 5.41) is 0. The van der Waals surface area contributed by atoms with Gasteiger partial charge >= 0.3 is 6.09 Å². The zero-order valence-electron chi connectivity index (χ0n) is 14.4. The Labute approximate surface area is 143 Å². The number of benzene rings is 1. The van der Waals surface area contributed by atoms with E-state index >= 15 is 0 Å².